The Hall–Kier alpha value is -0.780. The summed E-state index contributed by atoms with van der Waals surface area (Å²) < 4.78 is 8.28. The lowest BCUT2D eigenvalue weighted by molar-refractivity contribution is 0.416. The maximum Gasteiger partial charge on any atom is 0.169 e. The number of nitrogens with zero attached hydrogens (tertiary/aromatic N) is 2. The zero-order valence-electron chi connectivity index (χ0n) is 11.0. The first-order chi connectivity index (χ1) is 9.17. The normalized spacial score (nSPS) is 12.8. The predicted molar refractivity (Wildman–Crippen MR) is 79.5 cm³/mol. The second kappa shape index (κ2) is 6.59. The predicted octanol–water partition coefficient (Wildman–Crippen LogP) is 4.00. The minimum Gasteiger partial charge on any atom is -0.452 e. The van der Waals surface area contributed by atoms with E-state index in [0.717, 1.165) is 31.0 Å². The molecule has 0 aliphatic rings. The Morgan fingerprint density at radius 2 is 2.26 bits per heavy atom. The van der Waals surface area contributed by atoms with Crippen molar-refractivity contribution in [2.45, 2.75) is 32.9 Å². The molecule has 104 valence electrons. The molecule has 1 N–H and O–H groups in total. The van der Waals surface area contributed by atoms with Crippen LogP contribution in [0.3, 0.4) is 0 Å². The van der Waals surface area contributed by atoms with Gasteiger partial charge in [0, 0.05) is 6.54 Å². The van der Waals surface area contributed by atoms with Crippen LogP contribution in [0.25, 0.3) is 0 Å². The third-order valence-electron chi connectivity index (χ3n) is 2.88. The first kappa shape index (κ1) is 14.6. The van der Waals surface area contributed by atoms with Crippen LogP contribution in [-0.2, 0) is 6.54 Å². The van der Waals surface area contributed by atoms with Crippen molar-refractivity contribution in [2.24, 2.45) is 0 Å². The molecule has 6 heteroatoms. The molecular weight excluding hydrogens is 330 g/mol. The first-order valence-corrected chi connectivity index (χ1v) is 7.54. The highest BCUT2D eigenvalue weighted by atomic mass is 79.9. The van der Waals surface area contributed by atoms with Crippen molar-refractivity contribution in [3.05, 3.63) is 39.5 Å². The van der Waals surface area contributed by atoms with Crippen LogP contribution in [0.5, 0.6) is 0 Å². The summed E-state index contributed by atoms with van der Waals surface area (Å²) in [4.78, 5) is 0. The molecule has 0 aliphatic heterocycles. The molecule has 2 aromatic rings. The summed E-state index contributed by atoms with van der Waals surface area (Å²) in [5, 5.41) is 8.40. The molecule has 19 heavy (non-hydrogen) atoms. The molecule has 0 amide bonds. The second-order valence-electron chi connectivity index (χ2n) is 4.22. The van der Waals surface area contributed by atoms with Crippen molar-refractivity contribution in [1.82, 2.24) is 15.1 Å². The molecule has 0 spiro atoms. The van der Waals surface area contributed by atoms with E-state index < -0.39 is 0 Å². The van der Waals surface area contributed by atoms with E-state index >= 15 is 0 Å². The lowest BCUT2D eigenvalue weighted by Crippen LogP contribution is -2.25. The second-order valence-corrected chi connectivity index (χ2v) is 5.41. The van der Waals surface area contributed by atoms with Gasteiger partial charge in [-0.1, -0.05) is 18.5 Å². The van der Waals surface area contributed by atoms with Gasteiger partial charge >= 0.3 is 0 Å². The topological polar surface area (TPSA) is 43.0 Å². The van der Waals surface area contributed by atoms with Crippen molar-refractivity contribution in [3.8, 4) is 0 Å². The molecular formula is C13H17BrClN3O. The Labute approximate surface area is 126 Å². The molecule has 1 unspecified atom stereocenters. The third kappa shape index (κ3) is 3.22. The fourth-order valence-corrected chi connectivity index (χ4v) is 2.58. The van der Waals surface area contributed by atoms with Crippen LogP contribution < -0.4 is 5.32 Å². The number of aryl methyl sites for hydroxylation is 1. The zero-order chi connectivity index (χ0) is 13.8. The van der Waals surface area contributed by atoms with Gasteiger partial charge in [0.15, 0.2) is 4.67 Å². The van der Waals surface area contributed by atoms with Crippen molar-refractivity contribution in [1.29, 1.82) is 0 Å². The van der Waals surface area contributed by atoms with Crippen LogP contribution in [0.15, 0.2) is 27.4 Å². The molecule has 2 heterocycles. The Kier molecular flexibility index (Phi) is 5.07. The molecule has 0 aliphatic carbocycles. The summed E-state index contributed by atoms with van der Waals surface area (Å²) in [6, 6.07) is 3.75. The molecule has 0 bridgehead atoms. The van der Waals surface area contributed by atoms with Gasteiger partial charge in [0.2, 0.25) is 0 Å². The van der Waals surface area contributed by atoms with Gasteiger partial charge in [-0.2, -0.15) is 5.10 Å². The monoisotopic (exact) mass is 345 g/mol. The van der Waals surface area contributed by atoms with Crippen LogP contribution in [-0.4, -0.2) is 16.3 Å². The van der Waals surface area contributed by atoms with E-state index in [-0.39, 0.29) is 6.04 Å². The number of rotatable bonds is 6. The van der Waals surface area contributed by atoms with Gasteiger partial charge in [-0.15, -0.1) is 0 Å². The fraction of sp³-hybridized carbons (Fsp3) is 0.462. The smallest absolute Gasteiger partial charge is 0.169 e. The van der Waals surface area contributed by atoms with Crippen molar-refractivity contribution in [2.75, 3.05) is 6.54 Å². The highest BCUT2D eigenvalue weighted by Crippen LogP contribution is 2.30. The van der Waals surface area contributed by atoms with Crippen molar-refractivity contribution >= 4 is 27.5 Å². The van der Waals surface area contributed by atoms with Crippen LogP contribution in [0.1, 0.15) is 37.8 Å². The Balaban J connectivity index is 2.39. The maximum absolute atomic E-state index is 6.28. The lowest BCUT2D eigenvalue weighted by atomic mass is 10.1. The molecule has 0 saturated heterocycles. The fourth-order valence-electron chi connectivity index (χ4n) is 2.02. The molecule has 1 atom stereocenters. The van der Waals surface area contributed by atoms with E-state index in [1.807, 2.05) is 23.7 Å². The van der Waals surface area contributed by atoms with E-state index in [0.29, 0.717) is 9.69 Å². The van der Waals surface area contributed by atoms with Crippen LogP contribution in [0.2, 0.25) is 5.02 Å². The summed E-state index contributed by atoms with van der Waals surface area (Å²) >= 11 is 9.61. The highest BCUT2D eigenvalue weighted by molar-refractivity contribution is 9.10. The average molecular weight is 347 g/mol. The third-order valence-corrected chi connectivity index (χ3v) is 3.60. The standard InChI is InChI=1S/C13H17BrClN3O/c1-3-7-16-12(10-5-6-11(14)19-10)13-9(15)8-17-18(13)4-2/h5-6,8,12,16H,3-4,7H2,1-2H3. The SMILES string of the molecule is CCCNC(c1ccc(Br)o1)c1c(Cl)cnn1CC. The van der Waals surface area contributed by atoms with Gasteiger partial charge in [-0.05, 0) is 48.0 Å². The Bertz CT molecular complexity index is 538. The van der Waals surface area contributed by atoms with E-state index in [2.05, 4.69) is 33.3 Å². The minimum absolute atomic E-state index is 0.0822. The Morgan fingerprint density at radius 1 is 1.47 bits per heavy atom. The molecule has 4 nitrogen and oxygen atoms in total. The maximum atomic E-state index is 6.28. The summed E-state index contributed by atoms with van der Waals surface area (Å²) in [6.07, 6.45) is 2.72. The molecule has 0 radical (unpaired) electrons. The number of furan rings is 1. The molecule has 2 aromatic heterocycles. The molecule has 2 rings (SSSR count). The average Bonchev–Trinajstić information content (AvgIpc) is 2.98. The van der Waals surface area contributed by atoms with Crippen molar-refractivity contribution in [3.63, 3.8) is 0 Å². The Morgan fingerprint density at radius 3 is 2.84 bits per heavy atom. The first-order valence-electron chi connectivity index (χ1n) is 6.37. The van der Waals surface area contributed by atoms with Gasteiger partial charge in [0.25, 0.3) is 0 Å². The van der Waals surface area contributed by atoms with Gasteiger partial charge in [-0.25, -0.2) is 0 Å². The highest BCUT2D eigenvalue weighted by Gasteiger charge is 2.24. The van der Waals surface area contributed by atoms with Gasteiger partial charge in [-0.3, -0.25) is 4.68 Å². The van der Waals surface area contributed by atoms with E-state index in [1.54, 1.807) is 6.20 Å². The molecule has 0 aromatic carbocycles. The van der Waals surface area contributed by atoms with E-state index in [1.165, 1.54) is 0 Å². The van der Waals surface area contributed by atoms with Gasteiger partial charge < -0.3 is 9.73 Å². The molecule has 0 fully saturated rings. The number of hydrogen-bond acceptors (Lipinski definition) is 3. The van der Waals surface area contributed by atoms with Gasteiger partial charge in [0.1, 0.15) is 11.8 Å². The van der Waals surface area contributed by atoms with Crippen LogP contribution in [0, 0.1) is 0 Å². The largest absolute Gasteiger partial charge is 0.452 e. The zero-order valence-corrected chi connectivity index (χ0v) is 13.3. The van der Waals surface area contributed by atoms with Gasteiger partial charge in [0.05, 0.1) is 16.9 Å². The van der Waals surface area contributed by atoms with E-state index in [4.69, 9.17) is 16.0 Å². The number of aromatic nitrogens is 2. The summed E-state index contributed by atoms with van der Waals surface area (Å²) in [6.45, 7) is 5.82. The summed E-state index contributed by atoms with van der Waals surface area (Å²) in [5.41, 5.74) is 0.944. The van der Waals surface area contributed by atoms with Crippen LogP contribution in [0.4, 0.5) is 0 Å². The lowest BCUT2D eigenvalue weighted by Gasteiger charge is -2.18. The molecule has 0 saturated carbocycles. The van der Waals surface area contributed by atoms with Crippen LogP contribution >= 0.6 is 27.5 Å². The van der Waals surface area contributed by atoms with E-state index in [9.17, 15) is 0 Å². The minimum atomic E-state index is -0.0822. The van der Waals surface area contributed by atoms with Crippen molar-refractivity contribution < 1.29 is 4.42 Å². The number of halogens is 2. The number of nitrogens with one attached hydrogen (secondary N) is 1. The number of hydrogen-bond donors (Lipinski definition) is 1. The summed E-state index contributed by atoms with van der Waals surface area (Å²) in [7, 11) is 0. The quantitative estimate of drug-likeness (QED) is 0.859. The summed E-state index contributed by atoms with van der Waals surface area (Å²) in [5.74, 6) is 0.831.